The maximum absolute atomic E-state index is 8.80. The predicted octanol–water partition coefficient (Wildman–Crippen LogP) is 1.39. The van der Waals surface area contributed by atoms with E-state index in [1.807, 2.05) is 0 Å². The van der Waals surface area contributed by atoms with Crippen molar-refractivity contribution < 1.29 is 9.22 Å². The minimum absolute atomic E-state index is 0.120. The van der Waals surface area contributed by atoms with Crippen LogP contribution in [0.3, 0.4) is 0 Å². The van der Waals surface area contributed by atoms with Gasteiger partial charge in [0.15, 0.2) is 0 Å². The molecule has 0 saturated heterocycles. The van der Waals surface area contributed by atoms with Gasteiger partial charge in [0, 0.05) is 0 Å². The van der Waals surface area contributed by atoms with Crippen molar-refractivity contribution in [3.63, 3.8) is 0 Å². The zero-order valence-corrected chi connectivity index (χ0v) is 3.60. The molecule has 0 aliphatic carbocycles. The molecule has 0 spiro atoms. The normalized spacial score (nSPS) is 14.6. The van der Waals surface area contributed by atoms with Crippen molar-refractivity contribution >= 4 is 0 Å². The molecule has 0 aliphatic heterocycles. The maximum atomic E-state index is 8.80. The van der Waals surface area contributed by atoms with Gasteiger partial charge in [0.25, 0.3) is 0 Å². The van der Waals surface area contributed by atoms with Crippen molar-refractivity contribution in [3.8, 4) is 5.75 Å². The van der Waals surface area contributed by atoms with Gasteiger partial charge in [0.2, 0.25) is 0 Å². The summed E-state index contributed by atoms with van der Waals surface area (Å²) in [4.78, 5) is 0. The van der Waals surface area contributed by atoms with E-state index in [4.69, 9.17) is 9.22 Å². The molecule has 0 aromatic heterocycles. The Labute approximate surface area is 46.4 Å². The maximum Gasteiger partial charge on any atom is 0.115 e. The lowest BCUT2D eigenvalue weighted by Crippen LogP contribution is -1.56. The molecule has 7 heavy (non-hydrogen) atoms. The lowest BCUT2D eigenvalue weighted by atomic mass is 10.3. The van der Waals surface area contributed by atoms with E-state index in [1.165, 1.54) is 0 Å². The Hall–Kier alpha value is -0.980. The van der Waals surface area contributed by atoms with Gasteiger partial charge in [0.05, 0.1) is 4.11 Å². The summed E-state index contributed by atoms with van der Waals surface area (Å²) < 4.78 is 21.1. The Morgan fingerprint density at radius 2 is 1.86 bits per heavy atom. The number of benzene rings is 1. The third kappa shape index (κ3) is 0.929. The predicted molar refractivity (Wildman–Crippen MR) is 28.1 cm³/mol. The molecular formula is C6H6O. The fraction of sp³-hybridized carbons (Fsp3) is 0. The minimum Gasteiger partial charge on any atom is -0.508 e. The van der Waals surface area contributed by atoms with Crippen molar-refractivity contribution in [2.24, 2.45) is 0 Å². The summed E-state index contributed by atoms with van der Waals surface area (Å²) in [6.07, 6.45) is 0. The van der Waals surface area contributed by atoms with E-state index in [0.717, 1.165) is 12.1 Å². The third-order valence-electron chi connectivity index (χ3n) is 0.584. The fourth-order valence-electron chi connectivity index (χ4n) is 0.303. The Balaban J connectivity index is 3.31. The number of hydrogen-bond donors (Lipinski definition) is 1. The summed E-state index contributed by atoms with van der Waals surface area (Å²) in [5.74, 6) is -0.133. The van der Waals surface area contributed by atoms with Crippen molar-refractivity contribution in [1.82, 2.24) is 0 Å². The van der Waals surface area contributed by atoms with Crippen LogP contribution < -0.4 is 0 Å². The highest BCUT2D eigenvalue weighted by Crippen LogP contribution is 2.02. The van der Waals surface area contributed by atoms with Crippen LogP contribution in [-0.2, 0) is 0 Å². The Bertz CT molecular complexity index is 236. The Kier molecular flexibility index (Phi) is 0.439. The summed E-state index contributed by atoms with van der Waals surface area (Å²) in [7, 11) is 0. The Morgan fingerprint density at radius 1 is 1.29 bits per heavy atom. The van der Waals surface area contributed by atoms with Crippen LogP contribution in [0.15, 0.2) is 30.3 Å². The summed E-state index contributed by atoms with van der Waals surface area (Å²) in [6, 6.07) is 1.88. The highest BCUT2D eigenvalue weighted by molar-refractivity contribution is 5.18. The molecule has 0 atom stereocenters. The quantitative estimate of drug-likeness (QED) is 0.518. The van der Waals surface area contributed by atoms with Gasteiger partial charge in [-0.05, 0) is 12.1 Å². The van der Waals surface area contributed by atoms with E-state index in [9.17, 15) is 0 Å². The van der Waals surface area contributed by atoms with Crippen LogP contribution in [0.4, 0.5) is 0 Å². The molecule has 1 nitrogen and oxygen atoms in total. The lowest BCUT2D eigenvalue weighted by Gasteiger charge is -1.82. The van der Waals surface area contributed by atoms with Gasteiger partial charge >= 0.3 is 0 Å². The van der Waals surface area contributed by atoms with Crippen LogP contribution in [0.25, 0.3) is 0 Å². The SMILES string of the molecule is [2H]c1cc(O)cc([2H])c1[2H]. The molecule has 0 heterocycles. The molecular weight excluding hydrogens is 88.1 g/mol. The molecule has 0 radical (unpaired) electrons. The number of phenolic OH excluding ortho intramolecular Hbond substituents is 1. The van der Waals surface area contributed by atoms with E-state index < -0.39 is 0 Å². The molecule has 1 aromatic carbocycles. The van der Waals surface area contributed by atoms with E-state index in [2.05, 4.69) is 0 Å². The van der Waals surface area contributed by atoms with E-state index in [1.54, 1.807) is 0 Å². The zero-order valence-electron chi connectivity index (χ0n) is 6.60. The average molecular weight is 97.1 g/mol. The molecule has 0 unspecified atom stereocenters. The highest BCUT2D eigenvalue weighted by atomic mass is 16.3. The second kappa shape index (κ2) is 1.65. The van der Waals surface area contributed by atoms with Gasteiger partial charge < -0.3 is 5.11 Å². The van der Waals surface area contributed by atoms with Gasteiger partial charge in [-0.1, -0.05) is 18.1 Å². The molecule has 0 aliphatic rings. The molecule has 1 aromatic rings. The molecule has 0 amide bonds. The monoisotopic (exact) mass is 97.1 g/mol. The van der Waals surface area contributed by atoms with Crippen LogP contribution in [0.5, 0.6) is 5.75 Å². The van der Waals surface area contributed by atoms with Crippen molar-refractivity contribution in [1.29, 1.82) is 0 Å². The van der Waals surface area contributed by atoms with Crippen molar-refractivity contribution in [3.05, 3.63) is 30.3 Å². The topological polar surface area (TPSA) is 20.2 Å². The Morgan fingerprint density at radius 3 is 2.43 bits per heavy atom. The number of rotatable bonds is 0. The standard InChI is InChI=1S/C6H6O/c7-6-4-2-1-3-5-6/h1-5,7H/i1D,2D,3D. The van der Waals surface area contributed by atoms with Gasteiger partial charge in [-0.25, -0.2) is 0 Å². The summed E-state index contributed by atoms with van der Waals surface area (Å²) in [6.45, 7) is 0. The van der Waals surface area contributed by atoms with Gasteiger partial charge in [-0.15, -0.1) is 0 Å². The molecule has 1 rings (SSSR count). The lowest BCUT2D eigenvalue weighted by molar-refractivity contribution is 0.475. The molecule has 0 bridgehead atoms. The first kappa shape index (κ1) is 1.86. The van der Waals surface area contributed by atoms with E-state index in [-0.39, 0.29) is 23.9 Å². The fourth-order valence-corrected chi connectivity index (χ4v) is 0.303. The first-order valence-electron chi connectivity index (χ1n) is 3.38. The van der Waals surface area contributed by atoms with Crippen molar-refractivity contribution in [2.45, 2.75) is 0 Å². The minimum atomic E-state index is -0.155. The molecule has 1 heteroatoms. The van der Waals surface area contributed by atoms with Crippen LogP contribution in [0, 0.1) is 0 Å². The largest absolute Gasteiger partial charge is 0.508 e. The van der Waals surface area contributed by atoms with Crippen LogP contribution in [0.1, 0.15) is 4.11 Å². The van der Waals surface area contributed by atoms with Gasteiger partial charge in [-0.2, -0.15) is 0 Å². The molecule has 0 fully saturated rings. The molecule has 0 saturated carbocycles. The van der Waals surface area contributed by atoms with Crippen LogP contribution >= 0.6 is 0 Å². The third-order valence-corrected chi connectivity index (χ3v) is 0.584. The molecule has 1 N–H and O–H groups in total. The summed E-state index contributed by atoms with van der Waals surface area (Å²) >= 11 is 0. The number of hydrogen-bond acceptors (Lipinski definition) is 1. The molecule has 36 valence electrons. The van der Waals surface area contributed by atoms with Crippen LogP contribution in [-0.4, -0.2) is 5.11 Å². The number of phenols is 1. The van der Waals surface area contributed by atoms with E-state index >= 15 is 0 Å². The van der Waals surface area contributed by atoms with Gasteiger partial charge in [-0.3, -0.25) is 0 Å². The zero-order chi connectivity index (χ0) is 7.72. The van der Waals surface area contributed by atoms with Gasteiger partial charge in [0.1, 0.15) is 5.75 Å². The summed E-state index contributed by atoms with van der Waals surface area (Å²) in [5.41, 5.74) is 0. The second-order valence-corrected chi connectivity index (χ2v) is 1.13. The van der Waals surface area contributed by atoms with Crippen LogP contribution in [0.2, 0.25) is 0 Å². The first-order valence-corrected chi connectivity index (χ1v) is 1.88. The average Bonchev–Trinajstić information content (AvgIpc) is 1.82. The highest BCUT2D eigenvalue weighted by Gasteiger charge is 1.74. The van der Waals surface area contributed by atoms with Crippen molar-refractivity contribution in [2.75, 3.05) is 0 Å². The first-order chi connectivity index (χ1) is 4.61. The summed E-state index contributed by atoms with van der Waals surface area (Å²) in [5, 5.41) is 8.80. The smallest absolute Gasteiger partial charge is 0.115 e. The van der Waals surface area contributed by atoms with E-state index in [0.29, 0.717) is 0 Å². The number of aromatic hydroxyl groups is 1. The number of para-hydroxylation sites is 1. The second-order valence-electron chi connectivity index (χ2n) is 1.13.